The molecule has 0 aromatic carbocycles. The van der Waals surface area contributed by atoms with Gasteiger partial charge in [-0.25, -0.2) is 22.7 Å². The lowest BCUT2D eigenvalue weighted by atomic mass is 10.0. The number of carbonyl (C=O) groups excluding carboxylic acids is 1. The van der Waals surface area contributed by atoms with E-state index in [1.54, 1.807) is 0 Å². The van der Waals surface area contributed by atoms with E-state index in [1.165, 1.54) is 49.2 Å². The average molecular weight is 461 g/mol. The van der Waals surface area contributed by atoms with Crippen LogP contribution in [0.15, 0.2) is 30.9 Å². The second-order valence-corrected chi connectivity index (χ2v) is 8.15. The molecule has 0 radical (unpaired) electrons. The lowest BCUT2D eigenvalue weighted by molar-refractivity contribution is -0.00179. The number of nitriles is 1. The summed E-state index contributed by atoms with van der Waals surface area (Å²) in [6, 6.07) is 3.34. The van der Waals surface area contributed by atoms with Gasteiger partial charge in [0.15, 0.2) is 5.65 Å². The van der Waals surface area contributed by atoms with Crippen LogP contribution in [0, 0.1) is 11.3 Å². The number of carbonyl (C=O) groups is 1. The Bertz CT molecular complexity index is 1210. The van der Waals surface area contributed by atoms with Crippen molar-refractivity contribution in [3.63, 3.8) is 0 Å². The van der Waals surface area contributed by atoms with E-state index in [1.807, 2.05) is 6.07 Å². The van der Waals surface area contributed by atoms with Crippen molar-refractivity contribution < 1.29 is 23.1 Å². The van der Waals surface area contributed by atoms with Crippen LogP contribution in [0.4, 0.5) is 18.9 Å². The van der Waals surface area contributed by atoms with E-state index >= 15 is 0 Å². The maximum Gasteiger partial charge on any atom is 0.262 e. The third kappa shape index (κ3) is 5.75. The fourth-order valence-corrected chi connectivity index (χ4v) is 2.82. The number of rotatable bonds is 8. The van der Waals surface area contributed by atoms with Crippen LogP contribution in [0.25, 0.3) is 16.9 Å². The average Bonchev–Trinajstić information content (AvgIpc) is 3.17. The molecule has 3 aromatic rings. The number of pyridine rings is 1. The van der Waals surface area contributed by atoms with Crippen molar-refractivity contribution in [3.05, 3.63) is 42.0 Å². The molecule has 0 fully saturated rings. The minimum Gasteiger partial charge on any atom is -0.387 e. The molecule has 0 unspecified atom stereocenters. The van der Waals surface area contributed by atoms with Gasteiger partial charge in [0.05, 0.1) is 59.2 Å². The molecule has 1 amide bonds. The van der Waals surface area contributed by atoms with Crippen molar-refractivity contribution in [3.8, 4) is 17.3 Å². The van der Waals surface area contributed by atoms with Crippen LogP contribution >= 0.6 is 0 Å². The molecular weight excluding hydrogens is 439 g/mol. The van der Waals surface area contributed by atoms with Gasteiger partial charge < -0.3 is 15.7 Å². The molecule has 0 bridgehead atoms. The molecule has 0 aliphatic heterocycles. The zero-order valence-corrected chi connectivity index (χ0v) is 18.1. The van der Waals surface area contributed by atoms with E-state index in [0.717, 1.165) is 6.92 Å². The maximum atomic E-state index is 14.0. The van der Waals surface area contributed by atoms with Gasteiger partial charge in [0.2, 0.25) is 0 Å². The Balaban J connectivity index is 1.95. The molecule has 9 nitrogen and oxygen atoms in total. The van der Waals surface area contributed by atoms with E-state index in [0.29, 0.717) is 22.5 Å². The fraction of sp³-hybridized carbons (Fsp3) is 0.381. The first-order valence-electron chi connectivity index (χ1n) is 9.89. The fourth-order valence-electron chi connectivity index (χ4n) is 2.82. The van der Waals surface area contributed by atoms with Gasteiger partial charge in [-0.2, -0.15) is 10.4 Å². The van der Waals surface area contributed by atoms with Crippen molar-refractivity contribution in [2.75, 3.05) is 18.4 Å². The summed E-state index contributed by atoms with van der Waals surface area (Å²) in [4.78, 5) is 21.0. The van der Waals surface area contributed by atoms with Crippen LogP contribution in [-0.2, 0) is 0 Å². The Morgan fingerprint density at radius 1 is 1.27 bits per heavy atom. The quantitative estimate of drug-likeness (QED) is 0.470. The summed E-state index contributed by atoms with van der Waals surface area (Å²) < 4.78 is 42.3. The van der Waals surface area contributed by atoms with Crippen LogP contribution in [-0.4, -0.2) is 61.4 Å². The predicted octanol–water partition coefficient (Wildman–Crippen LogP) is 2.57. The highest BCUT2D eigenvalue weighted by Gasteiger charge is 2.28. The van der Waals surface area contributed by atoms with Gasteiger partial charge in [-0.15, -0.1) is 0 Å². The topological polar surface area (TPSA) is 128 Å². The normalized spacial score (nSPS) is 12.9. The largest absolute Gasteiger partial charge is 0.387 e. The molecule has 0 aliphatic carbocycles. The molecule has 0 spiro atoms. The second-order valence-electron chi connectivity index (χ2n) is 8.15. The van der Waals surface area contributed by atoms with Crippen LogP contribution in [0.1, 0.15) is 36.7 Å². The van der Waals surface area contributed by atoms with Gasteiger partial charge in [-0.3, -0.25) is 9.78 Å². The van der Waals surface area contributed by atoms with Crippen molar-refractivity contribution in [1.29, 1.82) is 5.26 Å². The molecular formula is C21H22F3N7O2. The van der Waals surface area contributed by atoms with Crippen molar-refractivity contribution >= 4 is 17.2 Å². The molecule has 3 rings (SSSR count). The standard InChI is InChI=1S/C21H22F3N7O2/c1-20(2,33)17(22)9-28-19(32)14-7-26-15(4-16(14)29-11-21(3,23)24)13-8-30-31-10-12(5-25)6-27-18(13)31/h4,6-8,10,17,33H,9,11H2,1-3H3,(H,26,29)(H,28,32)/t17-/m1/s1. The molecule has 174 valence electrons. The second kappa shape index (κ2) is 9.03. The number of aromatic nitrogens is 4. The van der Waals surface area contributed by atoms with Gasteiger partial charge in [-0.1, -0.05) is 0 Å². The molecule has 33 heavy (non-hydrogen) atoms. The smallest absolute Gasteiger partial charge is 0.262 e. The molecule has 12 heteroatoms. The Hall–Kier alpha value is -3.72. The molecule has 0 saturated heterocycles. The minimum absolute atomic E-state index is 0.0469. The van der Waals surface area contributed by atoms with E-state index in [9.17, 15) is 23.1 Å². The third-order valence-electron chi connectivity index (χ3n) is 4.71. The Kier molecular flexibility index (Phi) is 6.55. The number of anilines is 1. The number of nitrogens with zero attached hydrogens (tertiary/aromatic N) is 5. The number of hydrogen-bond donors (Lipinski definition) is 3. The number of hydrogen-bond acceptors (Lipinski definition) is 7. The number of nitrogens with one attached hydrogen (secondary N) is 2. The summed E-state index contributed by atoms with van der Waals surface area (Å²) in [6.07, 6.45) is 3.70. The highest BCUT2D eigenvalue weighted by molar-refractivity contribution is 6.00. The first-order chi connectivity index (χ1) is 15.4. The van der Waals surface area contributed by atoms with Gasteiger partial charge >= 0.3 is 0 Å². The Morgan fingerprint density at radius 3 is 2.64 bits per heavy atom. The van der Waals surface area contributed by atoms with Crippen LogP contribution < -0.4 is 10.6 Å². The molecule has 3 heterocycles. The van der Waals surface area contributed by atoms with Gasteiger partial charge in [0.1, 0.15) is 12.2 Å². The zero-order chi connectivity index (χ0) is 24.4. The summed E-state index contributed by atoms with van der Waals surface area (Å²) in [7, 11) is 0. The molecule has 3 aromatic heterocycles. The molecule has 0 aliphatic rings. The van der Waals surface area contributed by atoms with E-state index in [4.69, 9.17) is 5.26 Å². The van der Waals surface area contributed by atoms with Crippen molar-refractivity contribution in [2.45, 2.75) is 38.5 Å². The third-order valence-corrected chi connectivity index (χ3v) is 4.71. The van der Waals surface area contributed by atoms with E-state index < -0.39 is 36.7 Å². The van der Waals surface area contributed by atoms with Gasteiger partial charge in [0.25, 0.3) is 11.8 Å². The summed E-state index contributed by atoms with van der Waals surface area (Å²) >= 11 is 0. The minimum atomic E-state index is -3.07. The summed E-state index contributed by atoms with van der Waals surface area (Å²) in [6.45, 7) is 2.01. The lowest BCUT2D eigenvalue weighted by Crippen LogP contribution is -2.42. The monoisotopic (exact) mass is 461 g/mol. The first kappa shape index (κ1) is 23.9. The first-order valence-corrected chi connectivity index (χ1v) is 9.89. The number of amides is 1. The Morgan fingerprint density at radius 2 is 2.00 bits per heavy atom. The predicted molar refractivity (Wildman–Crippen MR) is 114 cm³/mol. The zero-order valence-electron chi connectivity index (χ0n) is 18.1. The maximum absolute atomic E-state index is 14.0. The van der Waals surface area contributed by atoms with Crippen molar-refractivity contribution in [1.82, 2.24) is 24.9 Å². The summed E-state index contributed by atoms with van der Waals surface area (Å²) in [5, 5.41) is 27.7. The van der Waals surface area contributed by atoms with Gasteiger partial charge in [0, 0.05) is 19.3 Å². The number of fused-ring (bicyclic) bond motifs is 1. The number of halogens is 3. The highest BCUT2D eigenvalue weighted by Crippen LogP contribution is 2.27. The lowest BCUT2D eigenvalue weighted by Gasteiger charge is -2.23. The SMILES string of the molecule is CC(F)(F)CNc1cc(-c2cnn3cc(C#N)cnc23)ncc1C(=O)NC[C@@H](F)C(C)(C)O. The molecule has 3 N–H and O–H groups in total. The van der Waals surface area contributed by atoms with E-state index in [-0.39, 0.29) is 11.3 Å². The van der Waals surface area contributed by atoms with Crippen molar-refractivity contribution in [2.24, 2.45) is 0 Å². The number of aliphatic hydroxyl groups is 1. The van der Waals surface area contributed by atoms with Gasteiger partial charge in [-0.05, 0) is 19.9 Å². The number of alkyl halides is 3. The summed E-state index contributed by atoms with van der Waals surface area (Å²) in [5.41, 5.74) is -0.294. The van der Waals surface area contributed by atoms with Crippen LogP contribution in [0.3, 0.4) is 0 Å². The van der Waals surface area contributed by atoms with Crippen LogP contribution in [0.5, 0.6) is 0 Å². The highest BCUT2D eigenvalue weighted by atomic mass is 19.3. The molecule has 1 atom stereocenters. The Labute approximate surface area is 187 Å². The summed E-state index contributed by atoms with van der Waals surface area (Å²) in [5.74, 6) is -3.82. The molecule has 0 saturated carbocycles. The van der Waals surface area contributed by atoms with Crippen LogP contribution in [0.2, 0.25) is 0 Å². The van der Waals surface area contributed by atoms with E-state index in [2.05, 4.69) is 25.7 Å².